The normalized spacial score (nSPS) is 14.3. The minimum absolute atomic E-state index is 0.769. The van der Waals surface area contributed by atoms with Crippen LogP contribution in [0.3, 0.4) is 0 Å². The monoisotopic (exact) mass is 448 g/mol. The van der Waals surface area contributed by atoms with Gasteiger partial charge in [0.1, 0.15) is 18.1 Å². The lowest BCUT2D eigenvalue weighted by Crippen LogP contribution is -2.59. The molecule has 0 aliphatic heterocycles. The van der Waals surface area contributed by atoms with Gasteiger partial charge in [-0.1, -0.05) is 0 Å². The number of amides is 5. The number of primary amides is 2. The van der Waals surface area contributed by atoms with Gasteiger partial charge in [0.05, 0.1) is 31.9 Å². The molecule has 0 rings (SSSR count). The zero-order chi connectivity index (χ0) is 24.3. The molecule has 0 aromatic heterocycles. The van der Waals surface area contributed by atoms with Gasteiger partial charge < -0.3 is 48.5 Å². The minimum atomic E-state index is -1.76. The van der Waals surface area contributed by atoms with Crippen molar-refractivity contribution >= 4 is 41.5 Å². The molecule has 0 saturated carbocycles. The molecule has 31 heavy (non-hydrogen) atoms. The van der Waals surface area contributed by atoms with Crippen LogP contribution in [0.15, 0.2) is 0 Å². The van der Waals surface area contributed by atoms with Gasteiger partial charge in [-0.3, -0.25) is 28.8 Å². The second-order valence-electron chi connectivity index (χ2n) is 6.25. The van der Waals surface area contributed by atoms with Crippen LogP contribution in [0.5, 0.6) is 0 Å². The number of aliphatic hydroxyl groups is 1. The molecule has 174 valence electrons. The molecule has 0 aromatic rings. The quantitative estimate of drug-likeness (QED) is 0.120. The fourth-order valence-corrected chi connectivity index (χ4v) is 2.11. The van der Waals surface area contributed by atoms with Crippen molar-refractivity contribution in [2.45, 2.75) is 43.4 Å². The summed E-state index contributed by atoms with van der Waals surface area (Å²) in [5.41, 5.74) is 15.2. The molecule has 0 aliphatic rings. The van der Waals surface area contributed by atoms with E-state index in [4.69, 9.17) is 27.4 Å². The number of carboxylic acid groups (broad SMARTS) is 2. The molecule has 16 heteroatoms. The first-order valence-electron chi connectivity index (χ1n) is 8.57. The Labute approximate surface area is 174 Å². The number of aliphatic carboxylic acids is 2. The molecule has 0 radical (unpaired) electrons. The van der Waals surface area contributed by atoms with Crippen molar-refractivity contribution in [3.63, 3.8) is 0 Å². The van der Waals surface area contributed by atoms with Gasteiger partial charge in [-0.05, 0) is 0 Å². The summed E-state index contributed by atoms with van der Waals surface area (Å²) >= 11 is 0. The highest BCUT2D eigenvalue weighted by molar-refractivity contribution is 5.97. The van der Waals surface area contributed by atoms with Gasteiger partial charge in [0.2, 0.25) is 29.5 Å². The molecule has 0 aliphatic carbocycles. The average molecular weight is 448 g/mol. The Bertz CT molecular complexity index is 742. The van der Waals surface area contributed by atoms with Gasteiger partial charge in [0.25, 0.3) is 0 Å². The van der Waals surface area contributed by atoms with E-state index in [0.29, 0.717) is 0 Å². The molecule has 0 fully saturated rings. The van der Waals surface area contributed by atoms with Crippen LogP contribution in [-0.4, -0.2) is 87.6 Å². The lowest BCUT2D eigenvalue weighted by Gasteiger charge is -2.23. The summed E-state index contributed by atoms with van der Waals surface area (Å²) in [6, 6.07) is -6.75. The van der Waals surface area contributed by atoms with E-state index in [-0.39, 0.29) is 0 Å². The van der Waals surface area contributed by atoms with Crippen molar-refractivity contribution in [3.05, 3.63) is 0 Å². The van der Waals surface area contributed by atoms with E-state index < -0.39 is 91.5 Å². The summed E-state index contributed by atoms with van der Waals surface area (Å²) in [7, 11) is 0. The Morgan fingerprint density at radius 3 is 1.52 bits per heavy atom. The van der Waals surface area contributed by atoms with E-state index in [1.54, 1.807) is 0 Å². The first-order valence-corrected chi connectivity index (χ1v) is 8.57. The van der Waals surface area contributed by atoms with Gasteiger partial charge in [0.15, 0.2) is 0 Å². The van der Waals surface area contributed by atoms with Crippen LogP contribution in [-0.2, 0) is 33.6 Å². The number of hydrogen-bond acceptors (Lipinski definition) is 9. The molecule has 4 unspecified atom stereocenters. The van der Waals surface area contributed by atoms with E-state index >= 15 is 0 Å². The Morgan fingerprint density at radius 1 is 0.677 bits per heavy atom. The lowest BCUT2D eigenvalue weighted by atomic mass is 10.1. The van der Waals surface area contributed by atoms with Gasteiger partial charge in [-0.25, -0.2) is 4.79 Å². The van der Waals surface area contributed by atoms with Crippen LogP contribution in [0.2, 0.25) is 0 Å². The highest BCUT2D eigenvalue weighted by Crippen LogP contribution is 1.99. The van der Waals surface area contributed by atoms with Crippen molar-refractivity contribution in [1.29, 1.82) is 0 Å². The largest absolute Gasteiger partial charge is 0.481 e. The summed E-state index contributed by atoms with van der Waals surface area (Å²) < 4.78 is 0. The van der Waals surface area contributed by atoms with Crippen molar-refractivity contribution in [3.8, 4) is 0 Å². The number of nitrogens with one attached hydrogen (secondary N) is 3. The van der Waals surface area contributed by atoms with E-state index in [0.717, 1.165) is 0 Å². The second-order valence-corrected chi connectivity index (χ2v) is 6.25. The predicted octanol–water partition coefficient (Wildman–Crippen LogP) is -5.93. The van der Waals surface area contributed by atoms with Crippen LogP contribution in [0.25, 0.3) is 0 Å². The summed E-state index contributed by atoms with van der Waals surface area (Å²) in [5, 5.41) is 32.8. The molecule has 4 atom stereocenters. The summed E-state index contributed by atoms with van der Waals surface area (Å²) in [4.78, 5) is 80.2. The van der Waals surface area contributed by atoms with Crippen molar-refractivity contribution in [2.75, 3.05) is 6.61 Å². The molecule has 5 amide bonds. The molecular weight excluding hydrogens is 424 g/mol. The first-order chi connectivity index (χ1) is 14.3. The van der Waals surface area contributed by atoms with E-state index in [1.165, 1.54) is 0 Å². The molecule has 16 nitrogen and oxygen atoms in total. The molecule has 0 bridgehead atoms. The van der Waals surface area contributed by atoms with Crippen molar-refractivity contribution in [2.24, 2.45) is 17.2 Å². The maximum absolute atomic E-state index is 12.3. The van der Waals surface area contributed by atoms with Gasteiger partial charge in [-0.15, -0.1) is 0 Å². The Kier molecular flexibility index (Phi) is 11.2. The topological polar surface area (TPSA) is 294 Å². The Balaban J connectivity index is 5.32. The molecule has 0 spiro atoms. The molecule has 12 N–H and O–H groups in total. The Hall–Kier alpha value is -3.79. The van der Waals surface area contributed by atoms with Crippen molar-refractivity contribution in [1.82, 2.24) is 16.0 Å². The minimum Gasteiger partial charge on any atom is -0.481 e. The fraction of sp³-hybridized carbons (Fsp3) is 0.533. The molecular formula is C15H24N6O10. The zero-order valence-electron chi connectivity index (χ0n) is 16.1. The maximum Gasteiger partial charge on any atom is 0.326 e. The van der Waals surface area contributed by atoms with Crippen molar-refractivity contribution < 1.29 is 48.9 Å². The fourth-order valence-electron chi connectivity index (χ4n) is 2.11. The van der Waals surface area contributed by atoms with Crippen LogP contribution < -0.4 is 33.2 Å². The number of hydrogen-bond donors (Lipinski definition) is 9. The second kappa shape index (κ2) is 12.7. The maximum atomic E-state index is 12.3. The third-order valence-corrected chi connectivity index (χ3v) is 3.61. The van der Waals surface area contributed by atoms with Gasteiger partial charge >= 0.3 is 11.9 Å². The smallest absolute Gasteiger partial charge is 0.326 e. The van der Waals surface area contributed by atoms with E-state index in [1.807, 2.05) is 16.0 Å². The van der Waals surface area contributed by atoms with Gasteiger partial charge in [-0.2, -0.15) is 0 Å². The predicted molar refractivity (Wildman–Crippen MR) is 98.4 cm³/mol. The van der Waals surface area contributed by atoms with Gasteiger partial charge in [0, 0.05) is 0 Å². The third-order valence-electron chi connectivity index (χ3n) is 3.61. The first kappa shape index (κ1) is 27.2. The average Bonchev–Trinajstić information content (AvgIpc) is 2.62. The number of rotatable bonds is 14. The highest BCUT2D eigenvalue weighted by atomic mass is 16.4. The van der Waals surface area contributed by atoms with E-state index in [2.05, 4.69) is 0 Å². The van der Waals surface area contributed by atoms with Crippen LogP contribution in [0.1, 0.15) is 19.3 Å². The molecule has 0 heterocycles. The summed E-state index contributed by atoms with van der Waals surface area (Å²) in [6.07, 6.45) is -2.35. The number of carbonyl (C=O) groups excluding carboxylic acids is 5. The molecule has 0 saturated heterocycles. The van der Waals surface area contributed by atoms with E-state index in [9.17, 15) is 38.7 Å². The summed E-state index contributed by atoms with van der Waals surface area (Å²) in [5.74, 6) is -8.65. The van der Waals surface area contributed by atoms with Crippen LogP contribution in [0, 0.1) is 0 Å². The zero-order valence-corrected chi connectivity index (χ0v) is 16.1. The van der Waals surface area contributed by atoms with Crippen LogP contribution >= 0.6 is 0 Å². The highest BCUT2D eigenvalue weighted by Gasteiger charge is 2.31. The number of carboxylic acids is 2. The Morgan fingerprint density at radius 2 is 1.10 bits per heavy atom. The number of aliphatic hydroxyl groups excluding tert-OH is 1. The molecule has 0 aromatic carbocycles. The standard InChI is InChI=1S/C15H24N6O10/c16-5(1-11(25)26)12(27)21-8(4-22)14(29)19-6(2-9(17)23)13(28)20-7(15(30)31)3-10(18)24/h5-8,22H,1-4,16H2,(H2,17,23)(H2,18,24)(H,19,29)(H,20,28)(H,21,27)(H,25,26)(H,30,31). The number of nitrogens with two attached hydrogens (primary N) is 3. The summed E-state index contributed by atoms with van der Waals surface area (Å²) in [6.45, 7) is -0.998. The number of carbonyl (C=O) groups is 7. The SMILES string of the molecule is NC(=O)CC(NC(=O)C(CC(N)=O)NC(=O)C(CO)NC(=O)C(N)CC(=O)O)C(=O)O. The third kappa shape index (κ3) is 10.5. The lowest BCUT2D eigenvalue weighted by molar-refractivity contribution is -0.144. The van der Waals surface area contributed by atoms with Crippen LogP contribution in [0.4, 0.5) is 0 Å².